The third-order valence-electron chi connectivity index (χ3n) is 4.46. The van der Waals surface area contributed by atoms with Crippen LogP contribution in [0.25, 0.3) is 0 Å². The van der Waals surface area contributed by atoms with Crippen LogP contribution in [0.3, 0.4) is 0 Å². The zero-order valence-corrected chi connectivity index (χ0v) is 14.8. The Bertz CT molecular complexity index is 658. The predicted molar refractivity (Wildman–Crippen MR) is 92.8 cm³/mol. The summed E-state index contributed by atoms with van der Waals surface area (Å²) in [7, 11) is 0. The van der Waals surface area contributed by atoms with Gasteiger partial charge in [0.15, 0.2) is 0 Å². The van der Waals surface area contributed by atoms with Gasteiger partial charge in [-0.05, 0) is 44.7 Å². The van der Waals surface area contributed by atoms with E-state index in [-0.39, 0.29) is 11.9 Å². The summed E-state index contributed by atoms with van der Waals surface area (Å²) in [5.41, 5.74) is 2.25. The maximum absolute atomic E-state index is 12.2. The molecule has 0 aromatic carbocycles. The Labute approximate surface area is 141 Å². The lowest BCUT2D eigenvalue weighted by Gasteiger charge is -2.42. The topological polar surface area (TPSA) is 50.2 Å². The van der Waals surface area contributed by atoms with Crippen LogP contribution in [-0.2, 0) is 11.2 Å². The van der Waals surface area contributed by atoms with Gasteiger partial charge in [0.1, 0.15) is 0 Å². The van der Waals surface area contributed by atoms with Crippen LogP contribution in [0, 0.1) is 13.8 Å². The third kappa shape index (κ3) is 3.64. The number of likely N-dealkylation sites (tertiary alicyclic amines) is 1. The quantitative estimate of drug-likeness (QED) is 0.882. The summed E-state index contributed by atoms with van der Waals surface area (Å²) >= 11 is 1.73. The summed E-state index contributed by atoms with van der Waals surface area (Å²) in [6.07, 6.45) is 0.907. The summed E-state index contributed by atoms with van der Waals surface area (Å²) in [5, 5.41) is 9.65. The Kier molecular flexibility index (Phi) is 4.82. The van der Waals surface area contributed by atoms with Crippen LogP contribution in [0.2, 0.25) is 0 Å². The largest absolute Gasteiger partial charge is 0.354 e. The van der Waals surface area contributed by atoms with E-state index in [2.05, 4.69) is 44.4 Å². The van der Waals surface area contributed by atoms with Gasteiger partial charge < -0.3 is 5.32 Å². The molecule has 3 heterocycles. The number of nitrogens with one attached hydrogen (secondary N) is 1. The maximum atomic E-state index is 12.2. The minimum absolute atomic E-state index is 0.0773. The molecule has 1 N–H and O–H groups in total. The highest BCUT2D eigenvalue weighted by Crippen LogP contribution is 2.24. The van der Waals surface area contributed by atoms with Crippen molar-refractivity contribution in [3.05, 3.63) is 39.8 Å². The average molecular weight is 332 g/mol. The molecule has 1 saturated heterocycles. The van der Waals surface area contributed by atoms with Gasteiger partial charge in [-0.2, -0.15) is 5.10 Å². The van der Waals surface area contributed by atoms with Gasteiger partial charge in [0, 0.05) is 30.2 Å². The van der Waals surface area contributed by atoms with Crippen LogP contribution >= 0.6 is 11.3 Å². The molecule has 1 aliphatic rings. The first-order chi connectivity index (χ1) is 11.0. The standard InChI is InChI=1S/C17H24N4OS/c1-12-9-13(2)21(19-12)15-10-20(11-15)14(3)17(22)18-7-6-16-5-4-8-23-16/h4-5,8-9,14-15H,6-7,10-11H2,1-3H3,(H,18,22)/t14-/m1/s1. The Morgan fingerprint density at radius 3 is 2.87 bits per heavy atom. The van der Waals surface area contributed by atoms with E-state index in [1.807, 2.05) is 19.9 Å². The summed E-state index contributed by atoms with van der Waals surface area (Å²) in [5.74, 6) is 0.119. The normalized spacial score (nSPS) is 17.0. The first-order valence-electron chi connectivity index (χ1n) is 8.11. The number of thiophene rings is 1. The van der Waals surface area contributed by atoms with Gasteiger partial charge in [0.25, 0.3) is 0 Å². The molecule has 1 amide bonds. The first kappa shape index (κ1) is 16.2. The van der Waals surface area contributed by atoms with Crippen molar-refractivity contribution in [2.45, 2.75) is 39.3 Å². The van der Waals surface area contributed by atoms with Crippen LogP contribution in [0.5, 0.6) is 0 Å². The molecular formula is C17H24N4OS. The molecule has 0 bridgehead atoms. The number of carbonyl (C=O) groups is 1. The van der Waals surface area contributed by atoms with Gasteiger partial charge >= 0.3 is 0 Å². The predicted octanol–water partition coefficient (Wildman–Crippen LogP) is 2.17. The molecule has 0 saturated carbocycles. The lowest BCUT2D eigenvalue weighted by Crippen LogP contribution is -2.56. The van der Waals surface area contributed by atoms with Gasteiger partial charge in [-0.3, -0.25) is 14.4 Å². The molecule has 5 nitrogen and oxygen atoms in total. The molecule has 2 aromatic heterocycles. The number of nitrogens with zero attached hydrogens (tertiary/aromatic N) is 3. The first-order valence-corrected chi connectivity index (χ1v) is 8.99. The second-order valence-electron chi connectivity index (χ2n) is 6.28. The van der Waals surface area contributed by atoms with Crippen LogP contribution in [-0.4, -0.2) is 46.3 Å². The van der Waals surface area contributed by atoms with Crippen LogP contribution in [0.15, 0.2) is 23.6 Å². The van der Waals surface area contributed by atoms with Crippen molar-refractivity contribution in [1.82, 2.24) is 20.0 Å². The van der Waals surface area contributed by atoms with Gasteiger partial charge in [0.2, 0.25) is 5.91 Å². The molecule has 0 aliphatic carbocycles. The Balaban J connectivity index is 1.43. The number of aromatic nitrogens is 2. The van der Waals surface area contributed by atoms with E-state index in [1.165, 1.54) is 10.6 Å². The van der Waals surface area contributed by atoms with E-state index in [1.54, 1.807) is 11.3 Å². The molecule has 0 unspecified atom stereocenters. The highest BCUT2D eigenvalue weighted by molar-refractivity contribution is 7.09. The second kappa shape index (κ2) is 6.84. The van der Waals surface area contributed by atoms with Crippen molar-refractivity contribution >= 4 is 17.2 Å². The van der Waals surface area contributed by atoms with E-state index in [4.69, 9.17) is 0 Å². The minimum Gasteiger partial charge on any atom is -0.354 e. The lowest BCUT2D eigenvalue weighted by atomic mass is 10.1. The molecule has 0 spiro atoms. The zero-order valence-electron chi connectivity index (χ0n) is 14.0. The van der Waals surface area contributed by atoms with Crippen LogP contribution in [0.4, 0.5) is 0 Å². The molecule has 124 valence electrons. The molecule has 1 aliphatic heterocycles. The summed E-state index contributed by atoms with van der Waals surface area (Å²) in [4.78, 5) is 15.8. The Morgan fingerprint density at radius 1 is 1.48 bits per heavy atom. The molecule has 23 heavy (non-hydrogen) atoms. The fourth-order valence-corrected chi connectivity index (χ4v) is 3.76. The van der Waals surface area contributed by atoms with E-state index in [0.717, 1.165) is 25.2 Å². The van der Waals surface area contributed by atoms with Crippen molar-refractivity contribution in [3.63, 3.8) is 0 Å². The van der Waals surface area contributed by atoms with E-state index < -0.39 is 0 Å². The van der Waals surface area contributed by atoms with Crippen LogP contribution < -0.4 is 5.32 Å². The fourth-order valence-electron chi connectivity index (χ4n) is 3.05. The lowest BCUT2D eigenvalue weighted by molar-refractivity contribution is -0.128. The fraction of sp³-hybridized carbons (Fsp3) is 0.529. The van der Waals surface area contributed by atoms with Crippen molar-refractivity contribution in [2.24, 2.45) is 0 Å². The average Bonchev–Trinajstić information content (AvgIpc) is 3.07. The molecule has 1 atom stereocenters. The van der Waals surface area contributed by atoms with Gasteiger partial charge in [-0.15, -0.1) is 11.3 Å². The van der Waals surface area contributed by atoms with E-state index in [0.29, 0.717) is 12.6 Å². The van der Waals surface area contributed by atoms with E-state index in [9.17, 15) is 4.79 Å². The molecule has 3 rings (SSSR count). The number of amides is 1. The maximum Gasteiger partial charge on any atom is 0.237 e. The second-order valence-corrected chi connectivity index (χ2v) is 7.31. The molecule has 0 radical (unpaired) electrons. The highest BCUT2D eigenvalue weighted by Gasteiger charge is 2.35. The molecule has 1 fully saturated rings. The van der Waals surface area contributed by atoms with Crippen molar-refractivity contribution in [1.29, 1.82) is 0 Å². The minimum atomic E-state index is -0.0773. The van der Waals surface area contributed by atoms with Crippen molar-refractivity contribution < 1.29 is 4.79 Å². The van der Waals surface area contributed by atoms with E-state index >= 15 is 0 Å². The summed E-state index contributed by atoms with van der Waals surface area (Å²) in [6.45, 7) is 8.58. The molecule has 2 aromatic rings. The van der Waals surface area contributed by atoms with Gasteiger partial charge in [0.05, 0.1) is 17.8 Å². The number of rotatable bonds is 6. The van der Waals surface area contributed by atoms with Gasteiger partial charge in [-0.1, -0.05) is 6.07 Å². The number of aryl methyl sites for hydroxylation is 2. The Hall–Kier alpha value is -1.66. The summed E-state index contributed by atoms with van der Waals surface area (Å²) in [6, 6.07) is 6.57. The summed E-state index contributed by atoms with van der Waals surface area (Å²) < 4.78 is 2.09. The Morgan fingerprint density at radius 2 is 2.26 bits per heavy atom. The SMILES string of the molecule is Cc1cc(C)n(C2CN([C@H](C)C(=O)NCCc3cccs3)C2)n1. The monoisotopic (exact) mass is 332 g/mol. The zero-order chi connectivity index (χ0) is 16.4. The number of hydrogen-bond donors (Lipinski definition) is 1. The molecular weight excluding hydrogens is 308 g/mol. The third-order valence-corrected chi connectivity index (χ3v) is 5.40. The smallest absolute Gasteiger partial charge is 0.237 e. The van der Waals surface area contributed by atoms with Crippen molar-refractivity contribution in [2.75, 3.05) is 19.6 Å². The van der Waals surface area contributed by atoms with Gasteiger partial charge in [-0.25, -0.2) is 0 Å². The highest BCUT2D eigenvalue weighted by atomic mass is 32.1. The van der Waals surface area contributed by atoms with Crippen LogP contribution in [0.1, 0.15) is 29.2 Å². The molecule has 6 heteroatoms. The van der Waals surface area contributed by atoms with Crippen molar-refractivity contribution in [3.8, 4) is 0 Å². The number of carbonyl (C=O) groups excluding carboxylic acids is 1. The number of hydrogen-bond acceptors (Lipinski definition) is 4.